The summed E-state index contributed by atoms with van der Waals surface area (Å²) in [5.74, 6) is 0.653. The first-order valence-electron chi connectivity index (χ1n) is 5.98. The number of allylic oxidation sites excluding steroid dienone is 6. The van der Waals surface area contributed by atoms with Gasteiger partial charge in [0.25, 0.3) is 0 Å². The zero-order valence-corrected chi connectivity index (χ0v) is 11.2. The average Bonchev–Trinajstić information content (AvgIpc) is 2.20. The normalized spacial score (nSPS) is 13.9. The topological polar surface area (TPSA) is 17.1 Å². The number of ketones is 1. The fourth-order valence-corrected chi connectivity index (χ4v) is 1.50. The van der Waals surface area contributed by atoms with Crippen LogP contribution in [0.15, 0.2) is 35.5 Å². The van der Waals surface area contributed by atoms with Crippen molar-refractivity contribution in [3.8, 4) is 0 Å². The maximum Gasteiger partial charge on any atom is 0.152 e. The molecule has 0 aromatic carbocycles. The molecule has 0 spiro atoms. The van der Waals surface area contributed by atoms with E-state index in [-0.39, 0.29) is 5.78 Å². The summed E-state index contributed by atoms with van der Waals surface area (Å²) in [6, 6.07) is 0. The lowest BCUT2D eigenvalue weighted by Gasteiger charge is -2.12. The fraction of sp³-hybridized carbons (Fsp3) is 0.533. The quantitative estimate of drug-likeness (QED) is 0.367. The van der Waals surface area contributed by atoms with Gasteiger partial charge in [-0.3, -0.25) is 4.79 Å². The summed E-state index contributed by atoms with van der Waals surface area (Å²) in [4.78, 5) is 10.8. The van der Waals surface area contributed by atoms with Crippen LogP contribution < -0.4 is 0 Å². The maximum atomic E-state index is 10.8. The van der Waals surface area contributed by atoms with Crippen molar-refractivity contribution in [1.82, 2.24) is 0 Å². The minimum Gasteiger partial charge on any atom is -0.295 e. The molecule has 0 rings (SSSR count). The Balaban J connectivity index is 4.47. The first kappa shape index (κ1) is 14.9. The van der Waals surface area contributed by atoms with Crippen LogP contribution in [-0.4, -0.2) is 5.78 Å². The van der Waals surface area contributed by atoms with Gasteiger partial charge in [-0.15, -0.1) is 0 Å². The highest BCUT2D eigenvalue weighted by Crippen LogP contribution is 2.19. The zero-order chi connectivity index (χ0) is 12.6. The Morgan fingerprint density at radius 3 is 2.31 bits per heavy atom. The molecule has 16 heavy (non-hydrogen) atoms. The van der Waals surface area contributed by atoms with E-state index in [4.69, 9.17) is 0 Å². The van der Waals surface area contributed by atoms with E-state index in [1.807, 2.05) is 6.08 Å². The molecule has 0 aliphatic carbocycles. The molecule has 0 fully saturated rings. The van der Waals surface area contributed by atoms with Crippen molar-refractivity contribution in [3.63, 3.8) is 0 Å². The van der Waals surface area contributed by atoms with Gasteiger partial charge >= 0.3 is 0 Å². The number of carbonyl (C=O) groups excluding carboxylic acids is 1. The molecule has 1 unspecified atom stereocenters. The highest BCUT2D eigenvalue weighted by molar-refractivity contribution is 5.87. The van der Waals surface area contributed by atoms with E-state index in [2.05, 4.69) is 39.8 Å². The van der Waals surface area contributed by atoms with Gasteiger partial charge in [0.2, 0.25) is 0 Å². The summed E-state index contributed by atoms with van der Waals surface area (Å²) >= 11 is 0. The highest BCUT2D eigenvalue weighted by Gasteiger charge is 2.04. The molecule has 0 saturated carbocycles. The second-order valence-electron chi connectivity index (χ2n) is 4.48. The highest BCUT2D eigenvalue weighted by atomic mass is 16.1. The first-order chi connectivity index (χ1) is 7.47. The van der Waals surface area contributed by atoms with Crippen molar-refractivity contribution in [1.29, 1.82) is 0 Å². The molecule has 90 valence electrons. The minimum absolute atomic E-state index is 0.101. The van der Waals surface area contributed by atoms with Crippen LogP contribution in [0.4, 0.5) is 0 Å². The smallest absolute Gasteiger partial charge is 0.152 e. The van der Waals surface area contributed by atoms with Crippen molar-refractivity contribution >= 4 is 5.78 Å². The average molecular weight is 220 g/mol. The Morgan fingerprint density at radius 1 is 1.25 bits per heavy atom. The second-order valence-corrected chi connectivity index (χ2v) is 4.48. The van der Waals surface area contributed by atoms with Crippen LogP contribution in [0.2, 0.25) is 0 Å². The molecule has 0 aliphatic heterocycles. The number of carbonyl (C=O) groups is 1. The molecule has 1 atom stereocenters. The maximum absolute atomic E-state index is 10.8. The molecular formula is C15H24O. The molecule has 0 N–H and O–H groups in total. The summed E-state index contributed by atoms with van der Waals surface area (Å²) in [5, 5.41) is 0. The van der Waals surface area contributed by atoms with Gasteiger partial charge in [0.05, 0.1) is 0 Å². The van der Waals surface area contributed by atoms with Gasteiger partial charge < -0.3 is 0 Å². The van der Waals surface area contributed by atoms with Crippen LogP contribution in [0, 0.1) is 5.92 Å². The fourth-order valence-electron chi connectivity index (χ4n) is 1.50. The zero-order valence-electron chi connectivity index (χ0n) is 11.2. The molecule has 0 aliphatic rings. The van der Waals surface area contributed by atoms with Crippen LogP contribution in [0.3, 0.4) is 0 Å². The first-order valence-corrected chi connectivity index (χ1v) is 5.98. The monoisotopic (exact) mass is 220 g/mol. The number of hydrogen-bond acceptors (Lipinski definition) is 1. The minimum atomic E-state index is 0.101. The van der Waals surface area contributed by atoms with E-state index >= 15 is 0 Å². The van der Waals surface area contributed by atoms with E-state index in [0.29, 0.717) is 5.92 Å². The van der Waals surface area contributed by atoms with Crippen molar-refractivity contribution in [2.24, 2.45) is 5.92 Å². The molecule has 0 radical (unpaired) electrons. The number of rotatable bonds is 6. The SMILES string of the molecule is CC/C(=C\C=C\C(C)=O)C(C)CC=C(C)C. The van der Waals surface area contributed by atoms with Gasteiger partial charge in [-0.1, -0.05) is 43.2 Å². The Hall–Kier alpha value is -1.11. The number of hydrogen-bond donors (Lipinski definition) is 0. The second kappa shape index (κ2) is 8.09. The molecule has 0 aromatic heterocycles. The summed E-state index contributed by atoms with van der Waals surface area (Å²) in [5.41, 5.74) is 2.76. The van der Waals surface area contributed by atoms with Gasteiger partial charge in [-0.05, 0) is 45.6 Å². The van der Waals surface area contributed by atoms with E-state index in [1.54, 1.807) is 13.0 Å². The van der Waals surface area contributed by atoms with Crippen LogP contribution in [0.25, 0.3) is 0 Å². The Bertz CT molecular complexity index is 301. The Labute approximate surface area is 99.9 Å². The van der Waals surface area contributed by atoms with Gasteiger partial charge in [0, 0.05) is 0 Å². The Kier molecular flexibility index (Phi) is 7.53. The van der Waals surface area contributed by atoms with Crippen molar-refractivity contribution < 1.29 is 4.79 Å². The molecule has 0 aromatic rings. The van der Waals surface area contributed by atoms with E-state index in [1.165, 1.54) is 11.1 Å². The largest absolute Gasteiger partial charge is 0.295 e. The van der Waals surface area contributed by atoms with E-state index in [0.717, 1.165) is 12.8 Å². The van der Waals surface area contributed by atoms with E-state index in [9.17, 15) is 4.79 Å². The summed E-state index contributed by atoms with van der Waals surface area (Å²) in [7, 11) is 0. The predicted octanol–water partition coefficient (Wildman–Crippen LogP) is 4.46. The van der Waals surface area contributed by atoms with Gasteiger partial charge in [0.1, 0.15) is 0 Å². The standard InChI is InChI=1S/C15H24O/c1-6-15(9-7-8-14(5)16)13(4)11-10-12(2)3/h7-10,13H,6,11H2,1-5H3/b8-7+,15-9+. The van der Waals surface area contributed by atoms with Crippen LogP contribution in [-0.2, 0) is 4.79 Å². The summed E-state index contributed by atoms with van der Waals surface area (Å²) in [6.07, 6.45) is 9.94. The van der Waals surface area contributed by atoms with Crippen LogP contribution in [0.5, 0.6) is 0 Å². The van der Waals surface area contributed by atoms with Gasteiger partial charge in [0.15, 0.2) is 5.78 Å². The van der Waals surface area contributed by atoms with Gasteiger partial charge in [-0.25, -0.2) is 0 Å². The molecule has 0 bridgehead atoms. The molecule has 0 amide bonds. The molecule has 0 saturated heterocycles. The van der Waals surface area contributed by atoms with Crippen LogP contribution in [0.1, 0.15) is 47.5 Å². The van der Waals surface area contributed by atoms with Crippen molar-refractivity contribution in [2.45, 2.75) is 47.5 Å². The summed E-state index contributed by atoms with van der Waals surface area (Å²) < 4.78 is 0. The van der Waals surface area contributed by atoms with Crippen LogP contribution >= 0.6 is 0 Å². The van der Waals surface area contributed by atoms with Gasteiger partial charge in [-0.2, -0.15) is 0 Å². The van der Waals surface area contributed by atoms with Crippen molar-refractivity contribution in [3.05, 3.63) is 35.5 Å². The third-order valence-corrected chi connectivity index (χ3v) is 2.56. The molecule has 1 nitrogen and oxygen atoms in total. The molecular weight excluding hydrogens is 196 g/mol. The lowest BCUT2D eigenvalue weighted by atomic mass is 9.94. The lowest BCUT2D eigenvalue weighted by molar-refractivity contribution is -0.112. The molecule has 0 heterocycles. The predicted molar refractivity (Wildman–Crippen MR) is 71.4 cm³/mol. The van der Waals surface area contributed by atoms with E-state index < -0.39 is 0 Å². The lowest BCUT2D eigenvalue weighted by Crippen LogP contribution is -1.97. The van der Waals surface area contributed by atoms with Crippen molar-refractivity contribution in [2.75, 3.05) is 0 Å². The molecule has 1 heteroatoms. The third kappa shape index (κ3) is 7.22. The Morgan fingerprint density at radius 2 is 1.88 bits per heavy atom. The summed E-state index contributed by atoms with van der Waals surface area (Å²) in [6.45, 7) is 10.2. The third-order valence-electron chi connectivity index (χ3n) is 2.56.